The lowest BCUT2D eigenvalue weighted by molar-refractivity contribution is -0.115. The third-order valence-electron chi connectivity index (χ3n) is 5.80. The number of nitrogens with zero attached hydrogens (tertiary/aromatic N) is 1. The Hall–Kier alpha value is -4.12. The van der Waals surface area contributed by atoms with Gasteiger partial charge < -0.3 is 19.5 Å². The predicted octanol–water partition coefficient (Wildman–Crippen LogP) is 5.51. The van der Waals surface area contributed by atoms with Crippen LogP contribution < -0.4 is 24.2 Å². The number of aryl methyl sites for hydroxylation is 1. The van der Waals surface area contributed by atoms with E-state index in [1.54, 1.807) is 60.8 Å². The van der Waals surface area contributed by atoms with Gasteiger partial charge in [0, 0.05) is 40.8 Å². The number of carbonyl (C=O) groups is 1. The monoisotopic (exact) mass is 581 g/mol. The largest absolute Gasteiger partial charge is 0.497 e. The van der Waals surface area contributed by atoms with Crippen LogP contribution in [0.4, 0.5) is 5.69 Å². The van der Waals surface area contributed by atoms with E-state index >= 15 is 0 Å². The zero-order chi connectivity index (χ0) is 28.7. The first kappa shape index (κ1) is 28.9. The Morgan fingerprint density at radius 1 is 0.925 bits per heavy atom. The molecular formula is C29H28ClN3O6S. The highest BCUT2D eigenvalue weighted by atomic mass is 35.5. The second-order valence-electron chi connectivity index (χ2n) is 8.78. The molecular weight excluding hydrogens is 554 g/mol. The van der Waals surface area contributed by atoms with Crippen LogP contribution in [0.15, 0.2) is 83.9 Å². The standard InChI is InChI=1S/C29H28ClN3O6S/c1-19-7-9-22(31-17-19)15-29(34)33-23-10-12-26(39-25-6-4-5-21(30)13-25)28(14-23)40(35,36)32-18-20-8-11-24(37-2)16-27(20)38-3/h4-14,16-17,32H,15,18H2,1-3H3,(H,33,34). The van der Waals surface area contributed by atoms with E-state index in [1.165, 1.54) is 26.4 Å². The van der Waals surface area contributed by atoms with E-state index in [0.29, 0.717) is 33.5 Å². The van der Waals surface area contributed by atoms with Crippen molar-refractivity contribution in [2.45, 2.75) is 24.8 Å². The van der Waals surface area contributed by atoms with Gasteiger partial charge >= 0.3 is 0 Å². The molecule has 0 atom stereocenters. The van der Waals surface area contributed by atoms with Crippen molar-refractivity contribution in [1.29, 1.82) is 0 Å². The Morgan fingerprint density at radius 3 is 2.45 bits per heavy atom. The fraction of sp³-hybridized carbons (Fsp3) is 0.172. The molecule has 0 fully saturated rings. The molecule has 0 aliphatic heterocycles. The van der Waals surface area contributed by atoms with Crippen LogP contribution in [0.5, 0.6) is 23.0 Å². The van der Waals surface area contributed by atoms with Crippen molar-refractivity contribution in [1.82, 2.24) is 9.71 Å². The highest BCUT2D eigenvalue weighted by Crippen LogP contribution is 2.33. The zero-order valence-electron chi connectivity index (χ0n) is 22.1. The molecule has 1 heterocycles. The van der Waals surface area contributed by atoms with Crippen LogP contribution in [0.3, 0.4) is 0 Å². The molecule has 4 rings (SSSR count). The molecule has 1 amide bonds. The summed E-state index contributed by atoms with van der Waals surface area (Å²) >= 11 is 6.08. The summed E-state index contributed by atoms with van der Waals surface area (Å²) in [6, 6.07) is 19.7. The number of aromatic nitrogens is 1. The Kier molecular flexibility index (Phi) is 9.26. The number of amides is 1. The SMILES string of the molecule is COc1ccc(CNS(=O)(=O)c2cc(NC(=O)Cc3ccc(C)cn3)ccc2Oc2cccc(Cl)c2)c(OC)c1. The molecule has 0 aliphatic carbocycles. The second kappa shape index (κ2) is 12.8. The minimum absolute atomic E-state index is 0.0264. The number of rotatable bonds is 11. The molecule has 4 aromatic rings. The van der Waals surface area contributed by atoms with Gasteiger partial charge in [0.15, 0.2) is 0 Å². The molecule has 0 saturated carbocycles. The highest BCUT2D eigenvalue weighted by Gasteiger charge is 2.22. The van der Waals surface area contributed by atoms with Crippen molar-refractivity contribution >= 4 is 33.2 Å². The van der Waals surface area contributed by atoms with Crippen molar-refractivity contribution in [3.8, 4) is 23.0 Å². The van der Waals surface area contributed by atoms with Gasteiger partial charge in [0.1, 0.15) is 27.9 Å². The highest BCUT2D eigenvalue weighted by molar-refractivity contribution is 7.89. The predicted molar refractivity (Wildman–Crippen MR) is 153 cm³/mol. The Morgan fingerprint density at radius 2 is 1.75 bits per heavy atom. The van der Waals surface area contributed by atoms with Crippen molar-refractivity contribution in [2.75, 3.05) is 19.5 Å². The first-order chi connectivity index (χ1) is 19.2. The molecule has 2 N–H and O–H groups in total. The minimum Gasteiger partial charge on any atom is -0.497 e. The number of methoxy groups -OCH3 is 2. The molecule has 0 unspecified atom stereocenters. The normalized spacial score (nSPS) is 11.1. The number of carbonyl (C=O) groups excluding carboxylic acids is 1. The molecule has 0 aliphatic rings. The van der Waals surface area contributed by atoms with E-state index in [-0.39, 0.29) is 35.2 Å². The number of ether oxygens (including phenoxy) is 3. The van der Waals surface area contributed by atoms with E-state index < -0.39 is 10.0 Å². The summed E-state index contributed by atoms with van der Waals surface area (Å²) < 4.78 is 46.2. The average Bonchev–Trinajstić information content (AvgIpc) is 2.94. The Bertz CT molecular complexity index is 1610. The first-order valence-electron chi connectivity index (χ1n) is 12.2. The number of anilines is 1. The van der Waals surface area contributed by atoms with Gasteiger partial charge in [0.2, 0.25) is 15.9 Å². The van der Waals surface area contributed by atoms with Gasteiger partial charge in [-0.25, -0.2) is 13.1 Å². The van der Waals surface area contributed by atoms with E-state index in [1.807, 2.05) is 13.0 Å². The molecule has 208 valence electrons. The van der Waals surface area contributed by atoms with Crippen molar-refractivity contribution in [3.63, 3.8) is 0 Å². The van der Waals surface area contributed by atoms with Crippen LogP contribution in [0.25, 0.3) is 0 Å². The summed E-state index contributed by atoms with van der Waals surface area (Å²) in [4.78, 5) is 16.8. The lowest BCUT2D eigenvalue weighted by atomic mass is 10.2. The summed E-state index contributed by atoms with van der Waals surface area (Å²) in [6.45, 7) is 1.84. The molecule has 0 spiro atoms. The summed E-state index contributed by atoms with van der Waals surface area (Å²) in [5.74, 6) is 1.09. The number of benzene rings is 3. The van der Waals surface area contributed by atoms with E-state index in [9.17, 15) is 13.2 Å². The Balaban J connectivity index is 1.61. The number of sulfonamides is 1. The molecule has 40 heavy (non-hydrogen) atoms. The molecule has 9 nitrogen and oxygen atoms in total. The van der Waals surface area contributed by atoms with E-state index in [0.717, 1.165) is 5.56 Å². The van der Waals surface area contributed by atoms with Crippen molar-refractivity contribution in [3.05, 3.63) is 101 Å². The lowest BCUT2D eigenvalue weighted by Gasteiger charge is -2.16. The lowest BCUT2D eigenvalue weighted by Crippen LogP contribution is -2.24. The molecule has 3 aromatic carbocycles. The fourth-order valence-electron chi connectivity index (χ4n) is 3.76. The van der Waals surface area contributed by atoms with E-state index in [2.05, 4.69) is 15.0 Å². The van der Waals surface area contributed by atoms with Crippen molar-refractivity contribution in [2.24, 2.45) is 0 Å². The number of halogens is 1. The van der Waals surface area contributed by atoms with Crippen LogP contribution >= 0.6 is 11.6 Å². The molecule has 0 bridgehead atoms. The molecule has 0 radical (unpaired) electrons. The maximum Gasteiger partial charge on any atom is 0.244 e. The first-order valence-corrected chi connectivity index (χ1v) is 14.0. The topological polar surface area (TPSA) is 116 Å². The third-order valence-corrected chi connectivity index (χ3v) is 7.46. The van der Waals surface area contributed by atoms with Gasteiger partial charge in [-0.15, -0.1) is 0 Å². The summed E-state index contributed by atoms with van der Waals surface area (Å²) in [7, 11) is -1.12. The van der Waals surface area contributed by atoms with Gasteiger partial charge in [0.05, 0.1) is 20.6 Å². The van der Waals surface area contributed by atoms with E-state index in [4.69, 9.17) is 25.8 Å². The summed E-state index contributed by atoms with van der Waals surface area (Å²) in [5, 5.41) is 3.17. The number of nitrogens with one attached hydrogen (secondary N) is 2. The third kappa shape index (κ3) is 7.50. The number of hydrogen-bond acceptors (Lipinski definition) is 7. The molecule has 11 heteroatoms. The summed E-state index contributed by atoms with van der Waals surface area (Å²) in [6.07, 6.45) is 1.71. The average molecular weight is 582 g/mol. The minimum atomic E-state index is -4.14. The van der Waals surface area contributed by atoms with Gasteiger partial charge in [-0.05, 0) is 61.0 Å². The Labute approximate surface area is 238 Å². The number of hydrogen-bond donors (Lipinski definition) is 2. The van der Waals surface area contributed by atoms with Crippen LogP contribution in [-0.2, 0) is 27.8 Å². The second-order valence-corrected chi connectivity index (χ2v) is 10.9. The maximum absolute atomic E-state index is 13.6. The van der Waals surface area contributed by atoms with Gasteiger partial charge in [-0.3, -0.25) is 9.78 Å². The smallest absolute Gasteiger partial charge is 0.244 e. The van der Waals surface area contributed by atoms with Gasteiger partial charge in [-0.2, -0.15) is 0 Å². The summed E-state index contributed by atoms with van der Waals surface area (Å²) in [5.41, 5.74) is 2.44. The fourth-order valence-corrected chi connectivity index (χ4v) is 5.10. The van der Waals surface area contributed by atoms with Gasteiger partial charge in [-0.1, -0.05) is 29.8 Å². The van der Waals surface area contributed by atoms with Crippen LogP contribution in [0.1, 0.15) is 16.8 Å². The van der Waals surface area contributed by atoms with Gasteiger partial charge in [0.25, 0.3) is 0 Å². The van der Waals surface area contributed by atoms with Crippen LogP contribution in [0.2, 0.25) is 5.02 Å². The van der Waals surface area contributed by atoms with Crippen LogP contribution in [0, 0.1) is 6.92 Å². The quantitative estimate of drug-likeness (QED) is 0.240. The van der Waals surface area contributed by atoms with Crippen molar-refractivity contribution < 1.29 is 27.4 Å². The van der Waals surface area contributed by atoms with Crippen LogP contribution in [-0.4, -0.2) is 33.5 Å². The maximum atomic E-state index is 13.6. The number of pyridine rings is 1. The zero-order valence-corrected chi connectivity index (χ0v) is 23.7. The molecule has 0 saturated heterocycles. The molecule has 1 aromatic heterocycles.